The van der Waals surface area contributed by atoms with Gasteiger partial charge in [0.15, 0.2) is 0 Å². The van der Waals surface area contributed by atoms with Crippen molar-refractivity contribution in [3.63, 3.8) is 0 Å². The molecule has 1 heterocycles. The zero-order valence-electron chi connectivity index (χ0n) is 12.2. The molecule has 0 saturated heterocycles. The van der Waals surface area contributed by atoms with Crippen LogP contribution in [0, 0.1) is 0 Å². The highest BCUT2D eigenvalue weighted by Gasteiger charge is 2.21. The van der Waals surface area contributed by atoms with E-state index in [2.05, 4.69) is 23.7 Å². The van der Waals surface area contributed by atoms with Gasteiger partial charge in [-0.05, 0) is 23.4 Å². The molecule has 21 heavy (non-hydrogen) atoms. The van der Waals surface area contributed by atoms with Crippen LogP contribution < -0.4 is 5.32 Å². The van der Waals surface area contributed by atoms with Crippen LogP contribution in [0.2, 0.25) is 0 Å². The van der Waals surface area contributed by atoms with E-state index in [-0.39, 0.29) is 6.04 Å². The highest BCUT2D eigenvalue weighted by Crippen LogP contribution is 2.24. The largest absolute Gasteiger partial charge is 0.481 e. The minimum Gasteiger partial charge on any atom is -0.481 e. The van der Waals surface area contributed by atoms with Gasteiger partial charge >= 0.3 is 5.97 Å². The lowest BCUT2D eigenvalue weighted by Gasteiger charge is -2.20. The molecule has 0 bridgehead atoms. The van der Waals surface area contributed by atoms with Crippen LogP contribution in [0.4, 0.5) is 0 Å². The molecule has 0 aliphatic carbocycles. The Labute approximate surface area is 129 Å². The maximum atomic E-state index is 11.5. The predicted octanol–water partition coefficient (Wildman–Crippen LogP) is 4.05. The summed E-state index contributed by atoms with van der Waals surface area (Å²) < 4.78 is 0. The second-order valence-electron chi connectivity index (χ2n) is 5.07. The molecule has 1 aromatic carbocycles. The van der Waals surface area contributed by atoms with E-state index in [0.29, 0.717) is 6.54 Å². The molecule has 0 fully saturated rings. The summed E-state index contributed by atoms with van der Waals surface area (Å²) in [5.74, 6) is -1.29. The number of hydrogen-bond acceptors (Lipinski definition) is 3. The molecule has 0 spiro atoms. The van der Waals surface area contributed by atoms with E-state index < -0.39 is 11.9 Å². The topological polar surface area (TPSA) is 49.3 Å². The number of thiophene rings is 1. The number of carboxylic acids is 1. The van der Waals surface area contributed by atoms with Crippen LogP contribution in [0.1, 0.15) is 42.2 Å². The van der Waals surface area contributed by atoms with Crippen LogP contribution in [0.15, 0.2) is 47.8 Å². The van der Waals surface area contributed by atoms with Gasteiger partial charge in [-0.25, -0.2) is 0 Å². The van der Waals surface area contributed by atoms with Crippen LogP contribution in [-0.2, 0) is 4.79 Å². The summed E-state index contributed by atoms with van der Waals surface area (Å²) in [6.07, 6.45) is 2.08. The molecule has 112 valence electrons. The molecule has 2 rings (SSSR count). The van der Waals surface area contributed by atoms with Gasteiger partial charge in [-0.15, -0.1) is 11.3 Å². The lowest BCUT2D eigenvalue weighted by molar-refractivity contribution is -0.138. The van der Waals surface area contributed by atoms with Crippen LogP contribution in [0.3, 0.4) is 0 Å². The van der Waals surface area contributed by atoms with Crippen LogP contribution >= 0.6 is 11.3 Å². The van der Waals surface area contributed by atoms with Gasteiger partial charge in [-0.1, -0.05) is 49.7 Å². The SMILES string of the molecule is CCCC(NCC(C(=O)O)c1ccccc1)c1cccs1. The van der Waals surface area contributed by atoms with E-state index >= 15 is 0 Å². The second-order valence-corrected chi connectivity index (χ2v) is 6.05. The molecule has 0 radical (unpaired) electrons. The molecule has 2 N–H and O–H groups in total. The number of hydrogen-bond donors (Lipinski definition) is 2. The summed E-state index contributed by atoms with van der Waals surface area (Å²) in [5, 5.41) is 15.0. The Morgan fingerprint density at radius 2 is 2.00 bits per heavy atom. The summed E-state index contributed by atoms with van der Waals surface area (Å²) >= 11 is 1.72. The minimum atomic E-state index is -0.782. The number of nitrogens with one attached hydrogen (secondary N) is 1. The van der Waals surface area contributed by atoms with Crippen molar-refractivity contribution in [2.24, 2.45) is 0 Å². The zero-order chi connectivity index (χ0) is 15.1. The average Bonchev–Trinajstić information content (AvgIpc) is 3.01. The lowest BCUT2D eigenvalue weighted by atomic mass is 9.98. The van der Waals surface area contributed by atoms with Crippen molar-refractivity contribution in [1.82, 2.24) is 5.32 Å². The third kappa shape index (κ3) is 4.41. The third-order valence-corrected chi connectivity index (χ3v) is 4.52. The highest BCUT2D eigenvalue weighted by molar-refractivity contribution is 7.10. The summed E-state index contributed by atoms with van der Waals surface area (Å²) in [6.45, 7) is 2.59. The van der Waals surface area contributed by atoms with Gasteiger partial charge < -0.3 is 10.4 Å². The molecular weight excluding hydrogens is 282 g/mol. The Morgan fingerprint density at radius 3 is 2.57 bits per heavy atom. The van der Waals surface area contributed by atoms with E-state index in [9.17, 15) is 9.90 Å². The highest BCUT2D eigenvalue weighted by atomic mass is 32.1. The fourth-order valence-electron chi connectivity index (χ4n) is 2.42. The van der Waals surface area contributed by atoms with Gasteiger partial charge in [-0.3, -0.25) is 4.79 Å². The summed E-state index contributed by atoms with van der Waals surface area (Å²) in [5.41, 5.74) is 0.846. The van der Waals surface area contributed by atoms with E-state index in [4.69, 9.17) is 0 Å². The first-order valence-corrected chi connectivity index (χ1v) is 8.15. The van der Waals surface area contributed by atoms with Crippen molar-refractivity contribution >= 4 is 17.3 Å². The fraction of sp³-hybridized carbons (Fsp3) is 0.353. The van der Waals surface area contributed by atoms with E-state index in [1.165, 1.54) is 4.88 Å². The summed E-state index contributed by atoms with van der Waals surface area (Å²) in [4.78, 5) is 12.8. The maximum absolute atomic E-state index is 11.5. The standard InChI is InChI=1S/C17H21NO2S/c1-2-7-15(16-10-6-11-21-16)18-12-14(17(19)20)13-8-4-3-5-9-13/h3-6,8-11,14-15,18H,2,7,12H2,1H3,(H,19,20). The average molecular weight is 303 g/mol. The van der Waals surface area contributed by atoms with Crippen molar-refractivity contribution in [2.75, 3.05) is 6.54 Å². The molecule has 4 heteroatoms. The number of aliphatic carboxylic acids is 1. The first-order chi connectivity index (χ1) is 10.2. The Balaban J connectivity index is 2.05. The van der Waals surface area contributed by atoms with Crippen molar-refractivity contribution in [3.8, 4) is 0 Å². The van der Waals surface area contributed by atoms with Gasteiger partial charge in [0.05, 0.1) is 5.92 Å². The molecule has 2 aromatic rings. The van der Waals surface area contributed by atoms with Gasteiger partial charge in [-0.2, -0.15) is 0 Å². The molecule has 2 atom stereocenters. The summed E-state index contributed by atoms with van der Waals surface area (Å²) in [7, 11) is 0. The second kappa shape index (κ2) is 7.96. The molecule has 1 aromatic heterocycles. The van der Waals surface area contributed by atoms with Gasteiger partial charge in [0.1, 0.15) is 0 Å². The van der Waals surface area contributed by atoms with E-state index in [1.807, 2.05) is 36.4 Å². The monoisotopic (exact) mass is 303 g/mol. The van der Waals surface area contributed by atoms with Gasteiger partial charge in [0.2, 0.25) is 0 Å². The van der Waals surface area contributed by atoms with Crippen molar-refractivity contribution in [2.45, 2.75) is 31.7 Å². The normalized spacial score (nSPS) is 13.8. The molecule has 3 nitrogen and oxygen atoms in total. The molecule has 2 unspecified atom stereocenters. The first kappa shape index (κ1) is 15.7. The molecule has 0 aliphatic rings. The third-order valence-electron chi connectivity index (χ3n) is 3.53. The Morgan fingerprint density at radius 1 is 1.24 bits per heavy atom. The van der Waals surface area contributed by atoms with Gasteiger partial charge in [0, 0.05) is 17.5 Å². The Bertz CT molecular complexity index is 539. The first-order valence-electron chi connectivity index (χ1n) is 7.27. The smallest absolute Gasteiger partial charge is 0.312 e. The van der Waals surface area contributed by atoms with Crippen molar-refractivity contribution in [3.05, 3.63) is 58.3 Å². The number of carbonyl (C=O) groups is 1. The number of benzene rings is 1. The van der Waals surface area contributed by atoms with Gasteiger partial charge in [0.25, 0.3) is 0 Å². The van der Waals surface area contributed by atoms with E-state index in [0.717, 1.165) is 18.4 Å². The van der Waals surface area contributed by atoms with Crippen LogP contribution in [0.5, 0.6) is 0 Å². The lowest BCUT2D eigenvalue weighted by Crippen LogP contribution is -2.29. The fourth-order valence-corrected chi connectivity index (χ4v) is 3.25. The minimum absolute atomic E-state index is 0.237. The Hall–Kier alpha value is -1.65. The molecule has 0 amide bonds. The van der Waals surface area contributed by atoms with Crippen molar-refractivity contribution < 1.29 is 9.90 Å². The van der Waals surface area contributed by atoms with E-state index in [1.54, 1.807) is 11.3 Å². The summed E-state index contributed by atoms with van der Waals surface area (Å²) in [6, 6.07) is 13.8. The maximum Gasteiger partial charge on any atom is 0.312 e. The predicted molar refractivity (Wildman–Crippen MR) is 86.8 cm³/mol. The molecule has 0 saturated carbocycles. The van der Waals surface area contributed by atoms with Crippen LogP contribution in [0.25, 0.3) is 0 Å². The molecular formula is C17H21NO2S. The zero-order valence-corrected chi connectivity index (χ0v) is 13.0. The van der Waals surface area contributed by atoms with Crippen LogP contribution in [-0.4, -0.2) is 17.6 Å². The number of rotatable bonds is 8. The van der Waals surface area contributed by atoms with Crippen molar-refractivity contribution in [1.29, 1.82) is 0 Å². The molecule has 0 aliphatic heterocycles. The number of carboxylic acid groups (broad SMARTS) is 1. The quantitative estimate of drug-likeness (QED) is 0.773. The Kier molecular flexibility index (Phi) is 5.96.